The van der Waals surface area contributed by atoms with Gasteiger partial charge in [-0.2, -0.15) is 14.4 Å². The van der Waals surface area contributed by atoms with Crippen LogP contribution >= 0.6 is 22.6 Å². The zero-order valence-electron chi connectivity index (χ0n) is 26.7. The molecule has 11 heteroatoms. The molecule has 0 amide bonds. The normalized spacial score (nSPS) is 12.5. The molecule has 0 bridgehead atoms. The van der Waals surface area contributed by atoms with Crippen molar-refractivity contribution in [1.82, 2.24) is 19.5 Å². The predicted molar refractivity (Wildman–Crippen MR) is 193 cm³/mol. The lowest BCUT2D eigenvalue weighted by Crippen LogP contribution is -2.33. The number of aromatic nitrogens is 4. The maximum absolute atomic E-state index is 14.3. The second-order valence-electron chi connectivity index (χ2n) is 11.7. The smallest absolute Gasteiger partial charge is 0.312 e. The van der Waals surface area contributed by atoms with Crippen LogP contribution in [-0.4, -0.2) is 46.1 Å². The zero-order chi connectivity index (χ0) is 33.6. The fourth-order valence-corrected chi connectivity index (χ4v) is 6.86. The molecule has 7 rings (SSSR count). The monoisotopic (exact) mass is 771 g/mol. The number of unbranched alkanes of at least 4 members (excludes halogenated alkanes) is 1. The van der Waals surface area contributed by atoms with E-state index in [9.17, 15) is 4.39 Å². The Morgan fingerprint density at radius 1 is 0.776 bits per heavy atom. The zero-order valence-corrected chi connectivity index (χ0v) is 28.9. The number of fused-ring (bicyclic) bond motifs is 2. The van der Waals surface area contributed by atoms with Crippen molar-refractivity contribution < 1.29 is 23.3 Å². The van der Waals surface area contributed by atoms with Crippen LogP contribution in [0.2, 0.25) is 0 Å². The van der Waals surface area contributed by atoms with Crippen LogP contribution in [0.15, 0.2) is 103 Å². The van der Waals surface area contributed by atoms with E-state index in [1.807, 2.05) is 71.3 Å². The summed E-state index contributed by atoms with van der Waals surface area (Å²) in [4.78, 5) is 12.4. The van der Waals surface area contributed by atoms with Crippen LogP contribution in [-0.2, 0) is 28.0 Å². The van der Waals surface area contributed by atoms with Gasteiger partial charge in [0.15, 0.2) is 28.5 Å². The highest BCUT2D eigenvalue weighted by Crippen LogP contribution is 2.41. The highest BCUT2D eigenvalue weighted by molar-refractivity contribution is 14.1. The number of rotatable bonds is 14. The molecule has 0 saturated carbocycles. The number of hydrogen-bond acceptors (Lipinski definition) is 8. The van der Waals surface area contributed by atoms with E-state index < -0.39 is 11.7 Å². The Morgan fingerprint density at radius 2 is 1.37 bits per heavy atom. The van der Waals surface area contributed by atoms with E-state index >= 15 is 0 Å². The quantitative estimate of drug-likeness (QED) is 0.0534. The first-order chi connectivity index (χ1) is 24.0. The number of nitrogens with two attached hydrogens (primary N) is 1. The number of halogens is 2. The van der Waals surface area contributed by atoms with Crippen molar-refractivity contribution in [2.45, 2.75) is 31.4 Å². The third kappa shape index (κ3) is 6.96. The SMILES string of the molecule is Nc1nc(F)nc2c1nc(Cc1cc3c(cc1I)OCO3)n2CCOCCCCOC(c1ccccc1)(c1ccccc1)c1ccccc1. The summed E-state index contributed by atoms with van der Waals surface area (Å²) in [6.45, 7) is 2.05. The Hall–Kier alpha value is -4.59. The Labute approximate surface area is 297 Å². The number of nitrogens with zero attached hydrogens (tertiary/aromatic N) is 4. The molecule has 6 aromatic rings. The van der Waals surface area contributed by atoms with Gasteiger partial charge < -0.3 is 29.2 Å². The minimum atomic E-state index is -0.895. The van der Waals surface area contributed by atoms with Gasteiger partial charge in [0.25, 0.3) is 0 Å². The third-order valence-corrected chi connectivity index (χ3v) is 9.57. The second-order valence-corrected chi connectivity index (χ2v) is 12.8. The topological polar surface area (TPSA) is 107 Å². The highest BCUT2D eigenvalue weighted by atomic mass is 127. The van der Waals surface area contributed by atoms with Gasteiger partial charge in [-0.1, -0.05) is 91.0 Å². The van der Waals surface area contributed by atoms with Gasteiger partial charge in [0.05, 0.1) is 6.61 Å². The lowest BCUT2D eigenvalue weighted by Gasteiger charge is -2.36. The van der Waals surface area contributed by atoms with E-state index in [-0.39, 0.29) is 12.6 Å². The summed E-state index contributed by atoms with van der Waals surface area (Å²) >= 11 is 2.27. The molecule has 9 nitrogen and oxygen atoms in total. The molecule has 0 aliphatic carbocycles. The van der Waals surface area contributed by atoms with Gasteiger partial charge in [0.1, 0.15) is 11.4 Å². The fraction of sp³-hybridized carbons (Fsp3) is 0.237. The first kappa shape index (κ1) is 32.9. The maximum Gasteiger partial charge on any atom is 0.312 e. The van der Waals surface area contributed by atoms with Gasteiger partial charge in [-0.25, -0.2) is 4.98 Å². The van der Waals surface area contributed by atoms with Crippen LogP contribution in [0.3, 0.4) is 0 Å². The van der Waals surface area contributed by atoms with Crippen LogP contribution in [0.25, 0.3) is 11.2 Å². The van der Waals surface area contributed by atoms with E-state index in [1.165, 1.54) is 0 Å². The molecule has 0 saturated heterocycles. The average Bonchev–Trinajstić information content (AvgIpc) is 3.73. The van der Waals surface area contributed by atoms with Crippen molar-refractivity contribution in [2.75, 3.05) is 32.3 Å². The van der Waals surface area contributed by atoms with E-state index in [2.05, 4.69) is 69.0 Å². The van der Waals surface area contributed by atoms with E-state index in [1.54, 1.807) is 0 Å². The molecule has 2 N–H and O–H groups in total. The molecule has 1 aliphatic heterocycles. The van der Waals surface area contributed by atoms with Gasteiger partial charge in [0.2, 0.25) is 6.79 Å². The Bertz CT molecular complexity index is 1930. The third-order valence-electron chi connectivity index (χ3n) is 8.57. The lowest BCUT2D eigenvalue weighted by atomic mass is 9.80. The first-order valence-electron chi connectivity index (χ1n) is 16.2. The average molecular weight is 772 g/mol. The summed E-state index contributed by atoms with van der Waals surface area (Å²) < 4.78 is 41.2. The van der Waals surface area contributed by atoms with Gasteiger partial charge in [0, 0.05) is 29.7 Å². The molecular formula is C38H35FIN5O4. The van der Waals surface area contributed by atoms with E-state index in [0.717, 1.165) is 38.7 Å². The summed E-state index contributed by atoms with van der Waals surface area (Å²) in [6, 6.07) is 35.0. The number of benzene rings is 4. The number of nitrogen functional groups attached to an aromatic ring is 1. The Balaban J connectivity index is 1.01. The molecule has 0 spiro atoms. The largest absolute Gasteiger partial charge is 0.454 e. The van der Waals surface area contributed by atoms with Gasteiger partial charge in [-0.15, -0.1) is 0 Å². The fourth-order valence-electron chi connectivity index (χ4n) is 6.23. The molecule has 3 heterocycles. The molecule has 4 aromatic carbocycles. The number of anilines is 1. The first-order valence-corrected chi connectivity index (χ1v) is 17.3. The maximum atomic E-state index is 14.3. The summed E-state index contributed by atoms with van der Waals surface area (Å²) in [5.74, 6) is 2.07. The van der Waals surface area contributed by atoms with Crippen LogP contribution in [0.4, 0.5) is 10.2 Å². The van der Waals surface area contributed by atoms with Crippen molar-refractivity contribution in [3.63, 3.8) is 0 Å². The molecule has 0 atom stereocenters. The summed E-state index contributed by atoms with van der Waals surface area (Å²) in [7, 11) is 0. The summed E-state index contributed by atoms with van der Waals surface area (Å²) in [5.41, 5.74) is 10.2. The number of imidazole rings is 1. The van der Waals surface area contributed by atoms with Gasteiger partial charge >= 0.3 is 6.08 Å². The minimum Gasteiger partial charge on any atom is -0.454 e. The van der Waals surface area contributed by atoms with Crippen molar-refractivity contribution in [3.8, 4) is 11.5 Å². The van der Waals surface area contributed by atoms with Crippen LogP contribution in [0.5, 0.6) is 11.5 Å². The molecule has 250 valence electrons. The molecular weight excluding hydrogens is 736 g/mol. The highest BCUT2D eigenvalue weighted by Gasteiger charge is 2.37. The number of hydrogen-bond donors (Lipinski definition) is 1. The summed E-state index contributed by atoms with van der Waals surface area (Å²) in [5, 5.41) is 0. The molecule has 1 aliphatic rings. The van der Waals surface area contributed by atoms with Crippen molar-refractivity contribution in [3.05, 3.63) is 141 Å². The Morgan fingerprint density at radius 3 is 2.00 bits per heavy atom. The van der Waals surface area contributed by atoms with Crippen LogP contribution < -0.4 is 15.2 Å². The van der Waals surface area contributed by atoms with Crippen molar-refractivity contribution in [1.29, 1.82) is 0 Å². The van der Waals surface area contributed by atoms with Crippen molar-refractivity contribution in [2.24, 2.45) is 0 Å². The standard InChI is InChI=1S/C38H35FIN5O4/c39-37-43-35(41)34-36(44-37)45(33(42-34)23-26-22-31-32(24-30(26)40)48-25-47-31)18-21-46-19-10-11-20-49-38(27-12-4-1-5-13-27,28-14-6-2-7-15-28)29-16-8-3-9-17-29/h1-9,12-17,22,24H,10-11,18-21,23,25H2,(H2,41,43,44). The van der Waals surface area contributed by atoms with Gasteiger partial charge in [-0.05, 0) is 69.8 Å². The molecule has 49 heavy (non-hydrogen) atoms. The van der Waals surface area contributed by atoms with Gasteiger partial charge in [-0.3, -0.25) is 0 Å². The Kier molecular flexibility index (Phi) is 10.0. The predicted octanol–water partition coefficient (Wildman–Crippen LogP) is 7.28. The van der Waals surface area contributed by atoms with Crippen LogP contribution in [0.1, 0.15) is 40.9 Å². The second kappa shape index (κ2) is 14.9. The molecule has 0 radical (unpaired) electrons. The van der Waals surface area contributed by atoms with E-state index in [0.29, 0.717) is 61.3 Å². The minimum absolute atomic E-state index is 0.00128. The summed E-state index contributed by atoms with van der Waals surface area (Å²) in [6.07, 6.45) is 1.15. The lowest BCUT2D eigenvalue weighted by molar-refractivity contribution is 0.00728. The molecule has 0 fully saturated rings. The van der Waals surface area contributed by atoms with E-state index in [4.69, 9.17) is 29.7 Å². The molecule has 2 aromatic heterocycles. The molecule has 0 unspecified atom stereocenters. The van der Waals surface area contributed by atoms with Crippen molar-refractivity contribution >= 4 is 39.6 Å². The van der Waals surface area contributed by atoms with Crippen LogP contribution in [0, 0.1) is 9.65 Å². The number of ether oxygens (including phenoxy) is 4.